The number of rotatable bonds is 2. The maximum atomic E-state index is 6.03. The van der Waals surface area contributed by atoms with Crippen LogP contribution in [-0.4, -0.2) is 5.25 Å². The third-order valence-electron chi connectivity index (χ3n) is 3.40. The quantitative estimate of drug-likeness (QED) is 0.782. The fourth-order valence-corrected chi connectivity index (χ4v) is 4.88. The number of thioether (sulfide) groups is 1. The average Bonchev–Trinajstić information content (AvgIpc) is 2.22. The lowest BCUT2D eigenvalue weighted by molar-refractivity contribution is 0.309. The van der Waals surface area contributed by atoms with Crippen LogP contribution in [0.25, 0.3) is 0 Å². The molecule has 3 heteroatoms. The van der Waals surface area contributed by atoms with Gasteiger partial charge in [0.1, 0.15) is 0 Å². The molecule has 0 heterocycles. The molecule has 1 nitrogen and oxygen atoms in total. The summed E-state index contributed by atoms with van der Waals surface area (Å²) in [4.78, 5) is 1.23. The first-order valence-corrected chi connectivity index (χ1v) is 7.93. The lowest BCUT2D eigenvalue weighted by Gasteiger charge is -2.31. The van der Waals surface area contributed by atoms with Gasteiger partial charge in [0, 0.05) is 20.3 Å². The zero-order valence-electron chi connectivity index (χ0n) is 10.4. The Kier molecular flexibility index (Phi) is 4.42. The molecule has 0 aromatic heterocycles. The fraction of sp³-hybridized carbons (Fsp3) is 0.571. The van der Waals surface area contributed by atoms with Gasteiger partial charge < -0.3 is 5.73 Å². The monoisotopic (exact) mass is 313 g/mol. The molecule has 0 spiro atoms. The van der Waals surface area contributed by atoms with Crippen molar-refractivity contribution in [3.05, 3.63) is 22.7 Å². The van der Waals surface area contributed by atoms with E-state index < -0.39 is 0 Å². The van der Waals surface area contributed by atoms with E-state index in [9.17, 15) is 0 Å². The van der Waals surface area contributed by atoms with Crippen molar-refractivity contribution < 1.29 is 0 Å². The molecule has 94 valence electrons. The van der Waals surface area contributed by atoms with Gasteiger partial charge in [-0.25, -0.2) is 0 Å². The molecule has 1 aromatic carbocycles. The molecule has 2 unspecified atom stereocenters. The van der Waals surface area contributed by atoms with Crippen LogP contribution in [0.1, 0.15) is 33.1 Å². The van der Waals surface area contributed by atoms with Crippen molar-refractivity contribution in [2.24, 2.45) is 11.8 Å². The molecule has 0 bridgehead atoms. The number of anilines is 1. The van der Waals surface area contributed by atoms with E-state index in [1.54, 1.807) is 0 Å². The first-order valence-electron chi connectivity index (χ1n) is 6.26. The summed E-state index contributed by atoms with van der Waals surface area (Å²) in [6.07, 6.45) is 4.02. The predicted octanol–water partition coefficient (Wildman–Crippen LogP) is 4.95. The van der Waals surface area contributed by atoms with Crippen molar-refractivity contribution in [1.82, 2.24) is 0 Å². The molecule has 0 amide bonds. The molecule has 0 radical (unpaired) electrons. The minimum absolute atomic E-state index is 0.727. The number of halogens is 1. The average molecular weight is 314 g/mol. The Balaban J connectivity index is 2.07. The molecule has 1 aliphatic rings. The Morgan fingerprint density at radius 2 is 1.82 bits per heavy atom. The van der Waals surface area contributed by atoms with Crippen LogP contribution in [0.15, 0.2) is 27.6 Å². The van der Waals surface area contributed by atoms with E-state index >= 15 is 0 Å². The third-order valence-corrected chi connectivity index (χ3v) is 5.22. The second-order valence-electron chi connectivity index (χ2n) is 5.34. The van der Waals surface area contributed by atoms with Crippen LogP contribution in [0, 0.1) is 11.8 Å². The number of nitrogens with two attached hydrogens (primary N) is 1. The van der Waals surface area contributed by atoms with Gasteiger partial charge in [-0.2, -0.15) is 0 Å². The number of hydrogen-bond acceptors (Lipinski definition) is 2. The molecule has 1 aromatic rings. The van der Waals surface area contributed by atoms with Crippen molar-refractivity contribution in [3.8, 4) is 0 Å². The molecule has 0 aliphatic heterocycles. The minimum Gasteiger partial charge on any atom is -0.398 e. The number of hydrogen-bond donors (Lipinski definition) is 1. The number of nitrogen functional groups attached to an aromatic ring is 1. The van der Waals surface area contributed by atoms with Gasteiger partial charge in [-0.15, -0.1) is 11.8 Å². The van der Waals surface area contributed by atoms with Gasteiger partial charge in [-0.05, 0) is 49.3 Å². The van der Waals surface area contributed by atoms with Crippen molar-refractivity contribution in [3.63, 3.8) is 0 Å². The second kappa shape index (κ2) is 5.66. The Bertz CT molecular complexity index is 384. The minimum atomic E-state index is 0.727. The summed E-state index contributed by atoms with van der Waals surface area (Å²) in [5, 5.41) is 0.727. The lowest BCUT2D eigenvalue weighted by Crippen LogP contribution is -2.21. The van der Waals surface area contributed by atoms with E-state index in [1.807, 2.05) is 23.9 Å². The van der Waals surface area contributed by atoms with Crippen LogP contribution in [0.5, 0.6) is 0 Å². The van der Waals surface area contributed by atoms with Crippen LogP contribution in [-0.2, 0) is 0 Å². The van der Waals surface area contributed by atoms with Crippen molar-refractivity contribution in [1.29, 1.82) is 0 Å². The molecule has 1 saturated carbocycles. The number of benzene rings is 1. The van der Waals surface area contributed by atoms with Crippen LogP contribution >= 0.6 is 27.7 Å². The van der Waals surface area contributed by atoms with Gasteiger partial charge in [0.25, 0.3) is 0 Å². The second-order valence-corrected chi connectivity index (χ2v) is 7.60. The molecule has 1 fully saturated rings. The van der Waals surface area contributed by atoms with Crippen molar-refractivity contribution >= 4 is 33.4 Å². The van der Waals surface area contributed by atoms with Gasteiger partial charge in [0.15, 0.2) is 0 Å². The summed E-state index contributed by atoms with van der Waals surface area (Å²) in [6, 6.07) is 6.14. The summed E-state index contributed by atoms with van der Waals surface area (Å²) in [6.45, 7) is 4.74. The maximum Gasteiger partial charge on any atom is 0.0453 e. The normalized spacial score (nSPS) is 29.2. The summed E-state index contributed by atoms with van der Waals surface area (Å²) in [5.74, 6) is 1.70. The largest absolute Gasteiger partial charge is 0.398 e. The smallest absolute Gasteiger partial charge is 0.0453 e. The van der Waals surface area contributed by atoms with Gasteiger partial charge in [0.2, 0.25) is 0 Å². The zero-order valence-corrected chi connectivity index (χ0v) is 12.9. The standard InChI is InChI=1S/C14H20BrNS/c1-9-5-10(2)7-12(6-9)17-14-8-11(15)3-4-13(14)16/h3-4,8-10,12H,5-7,16H2,1-2H3. The Hall–Kier alpha value is -0.150. The van der Waals surface area contributed by atoms with Crippen LogP contribution in [0.2, 0.25) is 0 Å². The summed E-state index contributed by atoms with van der Waals surface area (Å²) < 4.78 is 1.12. The van der Waals surface area contributed by atoms with E-state index in [0.29, 0.717) is 0 Å². The molecular weight excluding hydrogens is 294 g/mol. The molecule has 2 atom stereocenters. The van der Waals surface area contributed by atoms with Gasteiger partial charge in [0.05, 0.1) is 0 Å². The van der Waals surface area contributed by atoms with Crippen LogP contribution < -0.4 is 5.73 Å². The van der Waals surface area contributed by atoms with E-state index in [4.69, 9.17) is 5.73 Å². The van der Waals surface area contributed by atoms with Gasteiger partial charge in [-0.3, -0.25) is 0 Å². The fourth-order valence-electron chi connectivity index (χ4n) is 2.76. The molecule has 2 rings (SSSR count). The first kappa shape index (κ1) is 13.3. The van der Waals surface area contributed by atoms with Gasteiger partial charge >= 0.3 is 0 Å². The highest BCUT2D eigenvalue weighted by Crippen LogP contribution is 2.40. The molecule has 1 aliphatic carbocycles. The van der Waals surface area contributed by atoms with Crippen LogP contribution in [0.3, 0.4) is 0 Å². The van der Waals surface area contributed by atoms with E-state index in [2.05, 4.69) is 35.8 Å². The Morgan fingerprint density at radius 1 is 1.18 bits per heavy atom. The van der Waals surface area contributed by atoms with Gasteiger partial charge in [-0.1, -0.05) is 29.8 Å². The van der Waals surface area contributed by atoms with Crippen molar-refractivity contribution in [2.45, 2.75) is 43.3 Å². The third kappa shape index (κ3) is 3.65. The highest BCUT2D eigenvalue weighted by Gasteiger charge is 2.25. The summed E-state index contributed by atoms with van der Waals surface area (Å²) in [7, 11) is 0. The topological polar surface area (TPSA) is 26.0 Å². The predicted molar refractivity (Wildman–Crippen MR) is 80.4 cm³/mol. The zero-order chi connectivity index (χ0) is 12.4. The SMILES string of the molecule is CC1CC(C)CC(Sc2cc(Br)ccc2N)C1. The summed E-state index contributed by atoms with van der Waals surface area (Å²) in [5.41, 5.74) is 6.94. The van der Waals surface area contributed by atoms with E-state index in [0.717, 1.165) is 27.2 Å². The molecule has 0 saturated heterocycles. The van der Waals surface area contributed by atoms with Crippen molar-refractivity contribution in [2.75, 3.05) is 5.73 Å². The molecule has 2 N–H and O–H groups in total. The molecule has 17 heavy (non-hydrogen) atoms. The Morgan fingerprint density at radius 3 is 2.47 bits per heavy atom. The Labute approximate surface area is 117 Å². The highest BCUT2D eigenvalue weighted by atomic mass is 79.9. The molecular formula is C14H20BrNS. The highest BCUT2D eigenvalue weighted by molar-refractivity contribution is 9.10. The van der Waals surface area contributed by atoms with Crippen LogP contribution in [0.4, 0.5) is 5.69 Å². The summed E-state index contributed by atoms with van der Waals surface area (Å²) >= 11 is 5.47. The lowest BCUT2D eigenvalue weighted by atomic mass is 9.83. The van der Waals surface area contributed by atoms with E-state index in [-0.39, 0.29) is 0 Å². The first-order chi connectivity index (χ1) is 8.04. The van der Waals surface area contributed by atoms with E-state index in [1.165, 1.54) is 24.2 Å². The maximum absolute atomic E-state index is 6.03.